The third kappa shape index (κ3) is 3.89. The van der Waals surface area contributed by atoms with Crippen LogP contribution < -0.4 is 16.6 Å². The van der Waals surface area contributed by atoms with Crippen molar-refractivity contribution in [3.05, 3.63) is 76.0 Å². The summed E-state index contributed by atoms with van der Waals surface area (Å²) in [5, 5.41) is 7.26. The topological polar surface area (TPSA) is 119 Å². The van der Waals surface area contributed by atoms with Gasteiger partial charge in [0.2, 0.25) is 5.95 Å². The van der Waals surface area contributed by atoms with Gasteiger partial charge in [0.1, 0.15) is 0 Å². The standard InChI is InChI=1S/C19H20N6O2/c20-19-23-16(8-17(26)24-19)13-6-15(7-13)22-18(27)14-9-21-25(11-14)10-12-4-2-1-3-5-12/h1-5,8-9,11,13,15H,6-7,10H2,(H,22,27)(H3,20,23,24,26). The Bertz CT molecular complexity index is 1000. The van der Waals surface area contributed by atoms with E-state index >= 15 is 0 Å². The molecule has 1 aliphatic carbocycles. The second-order valence-electron chi connectivity index (χ2n) is 6.81. The van der Waals surface area contributed by atoms with E-state index in [9.17, 15) is 9.59 Å². The Morgan fingerprint density at radius 3 is 2.81 bits per heavy atom. The minimum atomic E-state index is -0.254. The Labute approximate surface area is 155 Å². The van der Waals surface area contributed by atoms with Crippen molar-refractivity contribution in [2.75, 3.05) is 5.73 Å². The highest BCUT2D eigenvalue weighted by molar-refractivity contribution is 5.93. The van der Waals surface area contributed by atoms with Crippen LogP contribution in [0.4, 0.5) is 5.95 Å². The van der Waals surface area contributed by atoms with E-state index in [1.165, 1.54) is 6.07 Å². The molecular formula is C19H20N6O2. The summed E-state index contributed by atoms with van der Waals surface area (Å²) in [6.45, 7) is 0.620. The van der Waals surface area contributed by atoms with Gasteiger partial charge in [-0.3, -0.25) is 19.3 Å². The largest absolute Gasteiger partial charge is 0.369 e. The number of rotatable bonds is 5. The van der Waals surface area contributed by atoms with Gasteiger partial charge in [0.25, 0.3) is 11.5 Å². The van der Waals surface area contributed by atoms with E-state index in [0.29, 0.717) is 17.8 Å². The van der Waals surface area contributed by atoms with E-state index < -0.39 is 0 Å². The number of hydrogen-bond acceptors (Lipinski definition) is 5. The number of H-pyrrole nitrogens is 1. The van der Waals surface area contributed by atoms with Gasteiger partial charge in [-0.2, -0.15) is 5.10 Å². The lowest BCUT2D eigenvalue weighted by Gasteiger charge is -2.35. The van der Waals surface area contributed by atoms with E-state index in [4.69, 9.17) is 5.73 Å². The van der Waals surface area contributed by atoms with Gasteiger partial charge in [-0.1, -0.05) is 30.3 Å². The second-order valence-corrected chi connectivity index (χ2v) is 6.81. The zero-order valence-corrected chi connectivity index (χ0v) is 14.6. The SMILES string of the molecule is Nc1nc(C2CC(NC(=O)c3cnn(Cc4ccccc4)c3)C2)cc(=O)[nH]1. The first-order valence-electron chi connectivity index (χ1n) is 8.81. The molecule has 1 saturated carbocycles. The minimum absolute atomic E-state index is 0.0577. The fourth-order valence-corrected chi connectivity index (χ4v) is 3.29. The van der Waals surface area contributed by atoms with Crippen molar-refractivity contribution in [2.45, 2.75) is 31.3 Å². The van der Waals surface area contributed by atoms with Gasteiger partial charge in [-0.05, 0) is 18.4 Å². The molecule has 1 amide bonds. The maximum Gasteiger partial charge on any atom is 0.254 e. The number of benzene rings is 1. The molecule has 8 heteroatoms. The van der Waals surface area contributed by atoms with Crippen molar-refractivity contribution in [2.24, 2.45) is 0 Å². The van der Waals surface area contributed by atoms with Crippen LogP contribution in [0.15, 0.2) is 53.6 Å². The summed E-state index contributed by atoms with van der Waals surface area (Å²) in [6.07, 6.45) is 4.80. The number of amides is 1. The zero-order chi connectivity index (χ0) is 18.8. The van der Waals surface area contributed by atoms with Crippen LogP contribution in [0.5, 0.6) is 0 Å². The highest BCUT2D eigenvalue weighted by Crippen LogP contribution is 2.35. The van der Waals surface area contributed by atoms with Gasteiger partial charge in [0.15, 0.2) is 0 Å². The smallest absolute Gasteiger partial charge is 0.254 e. The molecule has 1 aliphatic rings. The van der Waals surface area contributed by atoms with E-state index in [1.54, 1.807) is 17.1 Å². The number of hydrogen-bond donors (Lipinski definition) is 3. The van der Waals surface area contributed by atoms with Crippen molar-refractivity contribution in [1.82, 2.24) is 25.1 Å². The Balaban J connectivity index is 1.32. The predicted molar refractivity (Wildman–Crippen MR) is 100 cm³/mol. The number of aromatic amines is 1. The summed E-state index contributed by atoms with van der Waals surface area (Å²) in [5.41, 5.74) is 7.66. The summed E-state index contributed by atoms with van der Waals surface area (Å²) in [5.74, 6) is 0.118. The summed E-state index contributed by atoms with van der Waals surface area (Å²) in [4.78, 5) is 30.5. The molecule has 27 heavy (non-hydrogen) atoms. The van der Waals surface area contributed by atoms with Crippen molar-refractivity contribution >= 4 is 11.9 Å². The number of anilines is 1. The Hall–Kier alpha value is -3.42. The van der Waals surface area contributed by atoms with E-state index in [1.807, 2.05) is 30.3 Å². The molecule has 3 aromatic rings. The van der Waals surface area contributed by atoms with Crippen LogP contribution in [0.3, 0.4) is 0 Å². The Morgan fingerprint density at radius 2 is 2.07 bits per heavy atom. The van der Waals surface area contributed by atoms with Crippen molar-refractivity contribution in [1.29, 1.82) is 0 Å². The molecule has 0 radical (unpaired) electrons. The van der Waals surface area contributed by atoms with E-state index in [2.05, 4.69) is 20.4 Å². The lowest BCUT2D eigenvalue weighted by Crippen LogP contribution is -2.43. The number of nitrogens with two attached hydrogens (primary N) is 1. The maximum atomic E-state index is 12.4. The molecule has 0 spiro atoms. The minimum Gasteiger partial charge on any atom is -0.369 e. The molecule has 0 bridgehead atoms. The molecular weight excluding hydrogens is 344 g/mol. The van der Waals surface area contributed by atoms with Crippen molar-refractivity contribution < 1.29 is 4.79 Å². The number of nitrogens with zero attached hydrogens (tertiary/aromatic N) is 3. The Morgan fingerprint density at radius 1 is 1.30 bits per heavy atom. The number of nitrogen functional groups attached to an aromatic ring is 1. The fraction of sp³-hybridized carbons (Fsp3) is 0.263. The highest BCUT2D eigenvalue weighted by Gasteiger charge is 2.33. The molecule has 0 atom stereocenters. The molecule has 2 heterocycles. The maximum absolute atomic E-state index is 12.4. The van der Waals surface area contributed by atoms with Crippen LogP contribution in [-0.2, 0) is 6.54 Å². The van der Waals surface area contributed by atoms with Gasteiger partial charge >= 0.3 is 0 Å². The third-order valence-corrected chi connectivity index (χ3v) is 4.75. The average Bonchev–Trinajstić information content (AvgIpc) is 3.06. The first-order chi connectivity index (χ1) is 13.1. The number of nitrogens with one attached hydrogen (secondary N) is 2. The molecule has 0 unspecified atom stereocenters. The van der Waals surface area contributed by atoms with Crippen LogP contribution >= 0.6 is 0 Å². The van der Waals surface area contributed by atoms with Crippen LogP contribution in [0.25, 0.3) is 0 Å². The first-order valence-corrected chi connectivity index (χ1v) is 8.81. The van der Waals surface area contributed by atoms with Crippen LogP contribution in [-0.4, -0.2) is 31.7 Å². The molecule has 0 aliphatic heterocycles. The van der Waals surface area contributed by atoms with Crippen molar-refractivity contribution in [3.8, 4) is 0 Å². The predicted octanol–water partition coefficient (Wildman–Crippen LogP) is 1.27. The molecule has 4 N–H and O–H groups in total. The summed E-state index contributed by atoms with van der Waals surface area (Å²) >= 11 is 0. The molecule has 2 aromatic heterocycles. The number of aromatic nitrogens is 4. The Kier molecular flexibility index (Phi) is 4.45. The van der Waals surface area contributed by atoms with Gasteiger partial charge < -0.3 is 11.1 Å². The van der Waals surface area contributed by atoms with Gasteiger partial charge in [-0.15, -0.1) is 0 Å². The van der Waals surface area contributed by atoms with Gasteiger partial charge in [0, 0.05) is 24.2 Å². The van der Waals surface area contributed by atoms with E-state index in [0.717, 1.165) is 18.4 Å². The fourth-order valence-electron chi connectivity index (χ4n) is 3.29. The summed E-state index contributed by atoms with van der Waals surface area (Å²) in [7, 11) is 0. The summed E-state index contributed by atoms with van der Waals surface area (Å²) < 4.78 is 1.75. The molecule has 4 rings (SSSR count). The average molecular weight is 364 g/mol. The lowest BCUT2D eigenvalue weighted by atomic mass is 9.78. The third-order valence-electron chi connectivity index (χ3n) is 4.75. The molecule has 1 fully saturated rings. The zero-order valence-electron chi connectivity index (χ0n) is 14.6. The highest BCUT2D eigenvalue weighted by atomic mass is 16.1. The second kappa shape index (κ2) is 7.06. The normalized spacial score (nSPS) is 18.7. The quantitative estimate of drug-likeness (QED) is 0.630. The first kappa shape index (κ1) is 17.0. The molecule has 8 nitrogen and oxygen atoms in total. The molecule has 1 aromatic carbocycles. The van der Waals surface area contributed by atoms with E-state index in [-0.39, 0.29) is 29.4 Å². The van der Waals surface area contributed by atoms with Crippen LogP contribution in [0.2, 0.25) is 0 Å². The lowest BCUT2D eigenvalue weighted by molar-refractivity contribution is 0.0908. The van der Waals surface area contributed by atoms with Crippen LogP contribution in [0.1, 0.15) is 40.4 Å². The monoisotopic (exact) mass is 364 g/mol. The molecule has 138 valence electrons. The number of carbonyl (C=O) groups is 1. The van der Waals surface area contributed by atoms with Crippen LogP contribution in [0, 0.1) is 0 Å². The van der Waals surface area contributed by atoms with Crippen molar-refractivity contribution in [3.63, 3.8) is 0 Å². The summed E-state index contributed by atoms with van der Waals surface area (Å²) in [6, 6.07) is 11.5. The number of carbonyl (C=O) groups excluding carboxylic acids is 1. The van der Waals surface area contributed by atoms with Gasteiger partial charge in [0.05, 0.1) is 24.0 Å². The molecule has 0 saturated heterocycles. The van der Waals surface area contributed by atoms with Gasteiger partial charge in [-0.25, -0.2) is 4.98 Å².